The molecule has 0 aromatic heterocycles. The van der Waals surface area contributed by atoms with Crippen molar-refractivity contribution in [3.63, 3.8) is 0 Å². The standard InChI is InChI=1S/C4H8ClF3Si/c1-9(5)3-2-4(6,7)8/h9H,2-3H2,1H3. The molecule has 0 aliphatic carbocycles. The van der Waals surface area contributed by atoms with Gasteiger partial charge >= 0.3 is 6.18 Å². The van der Waals surface area contributed by atoms with Gasteiger partial charge in [0.2, 0.25) is 0 Å². The highest BCUT2D eigenvalue weighted by Crippen LogP contribution is 2.23. The third-order valence-electron chi connectivity index (χ3n) is 0.826. The van der Waals surface area contributed by atoms with E-state index in [4.69, 9.17) is 11.1 Å². The van der Waals surface area contributed by atoms with Crippen LogP contribution in [0.4, 0.5) is 13.2 Å². The largest absolute Gasteiger partial charge is 0.388 e. The van der Waals surface area contributed by atoms with Crippen LogP contribution in [0.25, 0.3) is 0 Å². The fourth-order valence-corrected chi connectivity index (χ4v) is 1.41. The molecule has 0 fully saturated rings. The van der Waals surface area contributed by atoms with Crippen LogP contribution in [-0.2, 0) is 0 Å². The van der Waals surface area contributed by atoms with Crippen molar-refractivity contribution in [2.75, 3.05) is 0 Å². The molecule has 5 heteroatoms. The second kappa shape index (κ2) is 3.46. The number of hydrogen-bond donors (Lipinski definition) is 0. The summed E-state index contributed by atoms with van der Waals surface area (Å²) in [6.45, 7) is 1.69. The van der Waals surface area contributed by atoms with Crippen LogP contribution in [0.2, 0.25) is 12.6 Å². The maximum Gasteiger partial charge on any atom is 0.388 e. The lowest BCUT2D eigenvalue weighted by Crippen LogP contribution is -2.10. The summed E-state index contributed by atoms with van der Waals surface area (Å²) in [4.78, 5) is 0. The van der Waals surface area contributed by atoms with Crippen LogP contribution >= 0.6 is 11.1 Å². The lowest BCUT2D eigenvalue weighted by molar-refractivity contribution is -0.130. The minimum atomic E-state index is -4.02. The summed E-state index contributed by atoms with van der Waals surface area (Å²) in [6.07, 6.45) is -4.74. The summed E-state index contributed by atoms with van der Waals surface area (Å²) < 4.78 is 34.1. The van der Waals surface area contributed by atoms with Crippen molar-refractivity contribution in [1.29, 1.82) is 0 Å². The molecular formula is C4H8ClF3Si. The predicted octanol–water partition coefficient (Wildman–Crippen LogP) is 2.53. The highest BCUT2D eigenvalue weighted by molar-refractivity contribution is 7.06. The van der Waals surface area contributed by atoms with E-state index < -0.39 is 20.7 Å². The Morgan fingerprint density at radius 2 is 1.89 bits per heavy atom. The monoisotopic (exact) mass is 176 g/mol. The Morgan fingerprint density at radius 3 is 2.00 bits per heavy atom. The molecule has 9 heavy (non-hydrogen) atoms. The molecule has 0 saturated carbocycles. The topological polar surface area (TPSA) is 0 Å². The molecule has 1 unspecified atom stereocenters. The van der Waals surface area contributed by atoms with Gasteiger partial charge in [0.1, 0.15) is 8.11 Å². The predicted molar refractivity (Wildman–Crippen MR) is 34.3 cm³/mol. The molecule has 0 N–H and O–H groups in total. The van der Waals surface area contributed by atoms with Crippen molar-refractivity contribution in [2.24, 2.45) is 0 Å². The van der Waals surface area contributed by atoms with E-state index in [1.807, 2.05) is 0 Å². The van der Waals surface area contributed by atoms with E-state index in [0.717, 1.165) is 0 Å². The van der Waals surface area contributed by atoms with Crippen molar-refractivity contribution < 1.29 is 13.2 Å². The summed E-state index contributed by atoms with van der Waals surface area (Å²) in [6, 6.07) is 0.144. The van der Waals surface area contributed by atoms with Crippen LogP contribution in [-0.4, -0.2) is 14.3 Å². The summed E-state index contributed by atoms with van der Waals surface area (Å²) >= 11 is 5.42. The maximum absolute atomic E-state index is 11.4. The van der Waals surface area contributed by atoms with Crippen molar-refractivity contribution in [2.45, 2.75) is 25.2 Å². The molecule has 0 saturated heterocycles. The van der Waals surface area contributed by atoms with E-state index in [1.165, 1.54) is 0 Å². The molecule has 56 valence electrons. The normalized spacial score (nSPS) is 15.7. The lowest BCUT2D eigenvalue weighted by atomic mass is 10.5. The maximum atomic E-state index is 11.4. The molecule has 0 aromatic carbocycles. The van der Waals surface area contributed by atoms with Gasteiger partial charge in [0.05, 0.1) is 0 Å². The molecule has 0 nitrogen and oxygen atoms in total. The second-order valence-electron chi connectivity index (χ2n) is 1.93. The van der Waals surface area contributed by atoms with Gasteiger partial charge < -0.3 is 0 Å². The zero-order valence-electron chi connectivity index (χ0n) is 5.00. The smallest absolute Gasteiger partial charge is 0.172 e. The Hall–Kier alpha value is 0.297. The fraction of sp³-hybridized carbons (Fsp3) is 1.00. The van der Waals surface area contributed by atoms with Gasteiger partial charge in [0, 0.05) is 6.42 Å². The molecule has 0 aromatic rings. The van der Waals surface area contributed by atoms with Crippen molar-refractivity contribution >= 4 is 19.2 Å². The molecule has 0 spiro atoms. The highest BCUT2D eigenvalue weighted by atomic mass is 35.6. The molecule has 0 bridgehead atoms. The average molecular weight is 177 g/mol. The molecule has 0 aliphatic rings. The first-order valence-electron chi connectivity index (χ1n) is 2.62. The number of rotatable bonds is 2. The molecule has 0 rings (SSSR count). The fourth-order valence-electron chi connectivity index (χ4n) is 0.363. The van der Waals surface area contributed by atoms with Crippen LogP contribution in [0.3, 0.4) is 0 Å². The zero-order valence-corrected chi connectivity index (χ0v) is 6.91. The van der Waals surface area contributed by atoms with Crippen molar-refractivity contribution in [3.8, 4) is 0 Å². The van der Waals surface area contributed by atoms with Crippen LogP contribution < -0.4 is 0 Å². The van der Waals surface area contributed by atoms with E-state index in [1.54, 1.807) is 6.55 Å². The van der Waals surface area contributed by atoms with Gasteiger partial charge in [-0.15, -0.1) is 0 Å². The van der Waals surface area contributed by atoms with Crippen LogP contribution in [0, 0.1) is 0 Å². The van der Waals surface area contributed by atoms with Crippen LogP contribution in [0.5, 0.6) is 0 Å². The Kier molecular flexibility index (Phi) is 3.58. The molecule has 0 radical (unpaired) electrons. The number of alkyl halides is 3. The van der Waals surface area contributed by atoms with Gasteiger partial charge in [-0.2, -0.15) is 24.3 Å². The van der Waals surface area contributed by atoms with E-state index in [-0.39, 0.29) is 6.04 Å². The van der Waals surface area contributed by atoms with Gasteiger partial charge in [-0.25, -0.2) is 0 Å². The van der Waals surface area contributed by atoms with E-state index >= 15 is 0 Å². The summed E-state index contributed by atoms with van der Waals surface area (Å²) in [7, 11) is -1.52. The van der Waals surface area contributed by atoms with E-state index in [2.05, 4.69) is 0 Å². The summed E-state index contributed by atoms with van der Waals surface area (Å²) in [5, 5.41) is 0. The van der Waals surface area contributed by atoms with Crippen LogP contribution in [0.1, 0.15) is 6.42 Å². The highest BCUT2D eigenvalue weighted by Gasteiger charge is 2.27. The SMILES string of the molecule is C[SiH](Cl)CCC(F)(F)F. The molecule has 0 heterocycles. The van der Waals surface area contributed by atoms with Gasteiger partial charge in [-0.3, -0.25) is 0 Å². The van der Waals surface area contributed by atoms with Gasteiger partial charge in [0.15, 0.2) is 0 Å². The average Bonchev–Trinajstić information content (AvgIpc) is 1.59. The molecular weight excluding hydrogens is 169 g/mol. The van der Waals surface area contributed by atoms with Gasteiger partial charge in [0.25, 0.3) is 0 Å². The molecule has 0 aliphatic heterocycles. The Balaban J connectivity index is 3.28. The minimum absolute atomic E-state index is 0.144. The Morgan fingerprint density at radius 1 is 1.44 bits per heavy atom. The number of hydrogen-bond acceptors (Lipinski definition) is 0. The zero-order chi connectivity index (χ0) is 7.49. The quantitative estimate of drug-likeness (QED) is 0.448. The molecule has 1 atom stereocenters. The van der Waals surface area contributed by atoms with Gasteiger partial charge in [-0.05, 0) is 6.04 Å². The first kappa shape index (κ1) is 9.30. The third-order valence-corrected chi connectivity index (χ3v) is 2.56. The summed E-state index contributed by atoms with van der Waals surface area (Å²) in [5.41, 5.74) is 0. The first-order chi connectivity index (χ1) is 3.92. The van der Waals surface area contributed by atoms with E-state index in [9.17, 15) is 13.2 Å². The van der Waals surface area contributed by atoms with Crippen molar-refractivity contribution in [1.82, 2.24) is 0 Å². The summed E-state index contributed by atoms with van der Waals surface area (Å²) in [5.74, 6) is 0. The van der Waals surface area contributed by atoms with Gasteiger partial charge in [-0.1, -0.05) is 6.55 Å². The Bertz CT molecular complexity index is 80.4. The minimum Gasteiger partial charge on any atom is -0.172 e. The van der Waals surface area contributed by atoms with E-state index in [0.29, 0.717) is 0 Å². The number of halogens is 4. The Labute approximate surface area is 58.3 Å². The first-order valence-corrected chi connectivity index (χ1v) is 6.34. The lowest BCUT2D eigenvalue weighted by Gasteiger charge is -2.04. The van der Waals surface area contributed by atoms with Crippen LogP contribution in [0.15, 0.2) is 0 Å². The van der Waals surface area contributed by atoms with Crippen molar-refractivity contribution in [3.05, 3.63) is 0 Å². The second-order valence-corrected chi connectivity index (χ2v) is 6.31. The third kappa shape index (κ3) is 8.30. The molecule has 0 amide bonds.